The largest absolute Gasteiger partial charge is 0.445 e. The molecule has 0 saturated heterocycles. The van der Waals surface area contributed by atoms with Crippen molar-refractivity contribution in [2.45, 2.75) is 19.1 Å². The van der Waals surface area contributed by atoms with Crippen molar-refractivity contribution in [2.24, 2.45) is 5.73 Å². The summed E-state index contributed by atoms with van der Waals surface area (Å²) in [5.41, 5.74) is 6.48. The Bertz CT molecular complexity index is 556. The van der Waals surface area contributed by atoms with Gasteiger partial charge in [-0.25, -0.2) is 0 Å². The van der Waals surface area contributed by atoms with Gasteiger partial charge < -0.3 is 10.6 Å². The number of hydrogen-bond donors (Lipinski definition) is 1. The van der Waals surface area contributed by atoms with Gasteiger partial charge >= 0.3 is 6.18 Å². The Morgan fingerprint density at radius 3 is 2.43 bits per heavy atom. The SMILES string of the molecule is NCCCN(Cc1ccccc1)c1nnc(C(F)(F)F)s1. The van der Waals surface area contributed by atoms with Crippen molar-refractivity contribution in [1.82, 2.24) is 10.2 Å². The minimum absolute atomic E-state index is 0.264. The summed E-state index contributed by atoms with van der Waals surface area (Å²) in [7, 11) is 0. The average Bonchev–Trinajstić information content (AvgIpc) is 2.94. The van der Waals surface area contributed by atoms with E-state index in [2.05, 4.69) is 10.2 Å². The monoisotopic (exact) mass is 316 g/mol. The third-order valence-electron chi connectivity index (χ3n) is 2.78. The van der Waals surface area contributed by atoms with Gasteiger partial charge in [-0.2, -0.15) is 13.2 Å². The second-order valence-corrected chi connectivity index (χ2v) is 5.39. The molecule has 0 atom stereocenters. The van der Waals surface area contributed by atoms with Gasteiger partial charge in [0.1, 0.15) is 0 Å². The van der Waals surface area contributed by atoms with Crippen LogP contribution in [0.4, 0.5) is 18.3 Å². The van der Waals surface area contributed by atoms with Gasteiger partial charge in [0.25, 0.3) is 0 Å². The number of benzene rings is 1. The standard InChI is InChI=1S/C13H15F3N4S/c14-13(15,16)11-18-19-12(21-11)20(8-4-7-17)9-10-5-2-1-3-6-10/h1-3,5-6H,4,7-9,17H2. The average molecular weight is 316 g/mol. The summed E-state index contributed by atoms with van der Waals surface area (Å²) in [6.45, 7) is 1.49. The Labute approximate surface area is 124 Å². The van der Waals surface area contributed by atoms with Gasteiger partial charge in [0, 0.05) is 13.1 Å². The summed E-state index contributed by atoms with van der Waals surface area (Å²) in [5.74, 6) is 0. The highest BCUT2D eigenvalue weighted by molar-refractivity contribution is 7.15. The Balaban J connectivity index is 2.17. The first-order chi connectivity index (χ1) is 10.0. The first kappa shape index (κ1) is 15.7. The van der Waals surface area contributed by atoms with E-state index in [0.717, 1.165) is 5.56 Å². The van der Waals surface area contributed by atoms with Crippen molar-refractivity contribution < 1.29 is 13.2 Å². The molecule has 0 unspecified atom stereocenters. The number of alkyl halides is 3. The van der Waals surface area contributed by atoms with Crippen molar-refractivity contribution in [3.63, 3.8) is 0 Å². The number of nitrogens with zero attached hydrogens (tertiary/aromatic N) is 3. The van der Waals surface area contributed by atoms with E-state index >= 15 is 0 Å². The number of nitrogens with two attached hydrogens (primary N) is 1. The van der Waals surface area contributed by atoms with Gasteiger partial charge in [0.05, 0.1) is 0 Å². The molecular weight excluding hydrogens is 301 g/mol. The van der Waals surface area contributed by atoms with E-state index in [9.17, 15) is 13.2 Å². The zero-order valence-electron chi connectivity index (χ0n) is 11.2. The molecule has 1 heterocycles. The molecule has 0 aliphatic heterocycles. The highest BCUT2D eigenvalue weighted by atomic mass is 32.1. The van der Waals surface area contributed by atoms with Gasteiger partial charge in [0.2, 0.25) is 10.1 Å². The topological polar surface area (TPSA) is 55.0 Å². The Hall–Kier alpha value is -1.67. The van der Waals surface area contributed by atoms with E-state index in [1.807, 2.05) is 30.3 Å². The van der Waals surface area contributed by atoms with E-state index in [4.69, 9.17) is 5.73 Å². The molecule has 0 radical (unpaired) electrons. The van der Waals surface area contributed by atoms with Crippen LogP contribution in [0, 0.1) is 0 Å². The minimum atomic E-state index is -4.46. The lowest BCUT2D eigenvalue weighted by molar-refractivity contribution is -0.138. The van der Waals surface area contributed by atoms with E-state index in [-0.39, 0.29) is 5.13 Å². The van der Waals surface area contributed by atoms with Crippen molar-refractivity contribution in [2.75, 3.05) is 18.0 Å². The van der Waals surface area contributed by atoms with Gasteiger partial charge in [-0.05, 0) is 18.5 Å². The summed E-state index contributed by atoms with van der Waals surface area (Å²) in [5, 5.41) is 6.23. The molecule has 2 N–H and O–H groups in total. The molecule has 0 fully saturated rings. The van der Waals surface area contributed by atoms with E-state index in [0.29, 0.717) is 37.4 Å². The van der Waals surface area contributed by atoms with Gasteiger partial charge in [-0.15, -0.1) is 10.2 Å². The lowest BCUT2D eigenvalue weighted by atomic mass is 10.2. The molecule has 0 amide bonds. The molecular formula is C13H15F3N4S. The van der Waals surface area contributed by atoms with Crippen molar-refractivity contribution in [3.05, 3.63) is 40.9 Å². The first-order valence-corrected chi connectivity index (χ1v) is 7.22. The van der Waals surface area contributed by atoms with Crippen LogP contribution in [0.15, 0.2) is 30.3 Å². The van der Waals surface area contributed by atoms with Crippen LogP contribution in [-0.4, -0.2) is 23.3 Å². The quantitative estimate of drug-likeness (QED) is 0.890. The predicted octanol–water partition coefficient (Wildman–Crippen LogP) is 2.91. The van der Waals surface area contributed by atoms with Crippen LogP contribution >= 0.6 is 11.3 Å². The van der Waals surface area contributed by atoms with E-state index in [1.165, 1.54) is 0 Å². The Morgan fingerprint density at radius 2 is 1.86 bits per heavy atom. The number of anilines is 1. The van der Waals surface area contributed by atoms with E-state index < -0.39 is 11.2 Å². The zero-order valence-corrected chi connectivity index (χ0v) is 12.0. The normalized spacial score (nSPS) is 11.6. The fraction of sp³-hybridized carbons (Fsp3) is 0.385. The van der Waals surface area contributed by atoms with Crippen LogP contribution < -0.4 is 10.6 Å². The molecule has 2 aromatic rings. The lowest BCUT2D eigenvalue weighted by Gasteiger charge is -2.21. The predicted molar refractivity (Wildman–Crippen MR) is 76.1 cm³/mol. The maximum Gasteiger partial charge on any atom is 0.445 e. The fourth-order valence-electron chi connectivity index (χ4n) is 1.79. The molecule has 114 valence electrons. The smallest absolute Gasteiger partial charge is 0.342 e. The maximum atomic E-state index is 12.6. The molecule has 1 aromatic carbocycles. The summed E-state index contributed by atoms with van der Waals surface area (Å²) in [4.78, 5) is 1.77. The minimum Gasteiger partial charge on any atom is -0.342 e. The van der Waals surface area contributed by atoms with Gasteiger partial charge in [-0.1, -0.05) is 41.7 Å². The Kier molecular flexibility index (Phi) is 5.13. The molecule has 0 bridgehead atoms. The summed E-state index contributed by atoms with van der Waals surface area (Å²) >= 11 is 0.555. The number of aromatic nitrogens is 2. The van der Waals surface area contributed by atoms with Crippen molar-refractivity contribution in [3.8, 4) is 0 Å². The van der Waals surface area contributed by atoms with Crippen LogP contribution in [0.25, 0.3) is 0 Å². The van der Waals surface area contributed by atoms with Crippen LogP contribution in [0.3, 0.4) is 0 Å². The summed E-state index contributed by atoms with van der Waals surface area (Å²) in [6, 6.07) is 9.50. The summed E-state index contributed by atoms with van der Waals surface area (Å²) in [6.07, 6.45) is -3.78. The highest BCUT2D eigenvalue weighted by Gasteiger charge is 2.36. The molecule has 2 rings (SSSR count). The Morgan fingerprint density at radius 1 is 1.14 bits per heavy atom. The maximum absolute atomic E-state index is 12.6. The fourth-order valence-corrected chi connectivity index (χ4v) is 2.52. The number of rotatable bonds is 6. The third-order valence-corrected chi connectivity index (χ3v) is 3.80. The van der Waals surface area contributed by atoms with Crippen LogP contribution in [0.1, 0.15) is 17.0 Å². The molecule has 0 aliphatic rings. The summed E-state index contributed by atoms with van der Waals surface area (Å²) < 4.78 is 37.8. The van der Waals surface area contributed by atoms with Crippen LogP contribution in [0.2, 0.25) is 0 Å². The molecule has 0 aliphatic carbocycles. The van der Waals surface area contributed by atoms with E-state index in [1.54, 1.807) is 4.90 Å². The molecule has 8 heteroatoms. The van der Waals surface area contributed by atoms with Crippen molar-refractivity contribution >= 4 is 16.5 Å². The second-order valence-electron chi connectivity index (χ2n) is 4.44. The number of halogens is 3. The molecule has 4 nitrogen and oxygen atoms in total. The van der Waals surface area contributed by atoms with Crippen LogP contribution in [-0.2, 0) is 12.7 Å². The van der Waals surface area contributed by atoms with Crippen molar-refractivity contribution in [1.29, 1.82) is 0 Å². The molecule has 0 saturated carbocycles. The van der Waals surface area contributed by atoms with Gasteiger partial charge in [-0.3, -0.25) is 0 Å². The second kappa shape index (κ2) is 6.86. The first-order valence-electron chi connectivity index (χ1n) is 6.40. The highest BCUT2D eigenvalue weighted by Crippen LogP contribution is 2.34. The molecule has 21 heavy (non-hydrogen) atoms. The zero-order chi connectivity index (χ0) is 15.3. The lowest BCUT2D eigenvalue weighted by Crippen LogP contribution is -2.25. The van der Waals surface area contributed by atoms with Gasteiger partial charge in [0.15, 0.2) is 0 Å². The van der Waals surface area contributed by atoms with Crippen LogP contribution in [0.5, 0.6) is 0 Å². The molecule has 1 aromatic heterocycles. The molecule has 0 spiro atoms. The third kappa shape index (κ3) is 4.40. The number of hydrogen-bond acceptors (Lipinski definition) is 5.